The summed E-state index contributed by atoms with van der Waals surface area (Å²) in [5.74, 6) is -1.21. The Morgan fingerprint density at radius 1 is 0.583 bits per heavy atom. The first-order valence-electron chi connectivity index (χ1n) is 20.6. The van der Waals surface area contributed by atoms with Gasteiger partial charge in [0.25, 0.3) is 11.8 Å². The second-order valence-corrected chi connectivity index (χ2v) is 16.8. The van der Waals surface area contributed by atoms with Gasteiger partial charge in [-0.3, -0.25) is 28.8 Å². The van der Waals surface area contributed by atoms with Crippen LogP contribution >= 0.6 is 0 Å². The van der Waals surface area contributed by atoms with E-state index < -0.39 is 24.2 Å². The highest BCUT2D eigenvalue weighted by atomic mass is 16.5. The Kier molecular flexibility index (Phi) is 13.0. The maximum Gasteiger partial charge on any atom is 0.251 e. The Hall–Kier alpha value is -5.98. The lowest BCUT2D eigenvalue weighted by molar-refractivity contribution is -0.138. The molecule has 4 aliphatic heterocycles. The Balaban J connectivity index is 0.000000183. The summed E-state index contributed by atoms with van der Waals surface area (Å²) in [5, 5.41) is 5.80. The molecule has 4 amide bonds. The van der Waals surface area contributed by atoms with Gasteiger partial charge in [-0.25, -0.2) is 0 Å². The topological polar surface area (TPSA) is 151 Å². The maximum absolute atomic E-state index is 13.5. The Bertz CT molecular complexity index is 2170. The predicted molar refractivity (Wildman–Crippen MR) is 224 cm³/mol. The number of hydrogen-bond donors (Lipinski definition) is 2. The molecule has 4 saturated heterocycles. The van der Waals surface area contributed by atoms with Gasteiger partial charge < -0.3 is 29.9 Å². The fourth-order valence-electron chi connectivity index (χ4n) is 8.38. The van der Waals surface area contributed by atoms with Gasteiger partial charge in [-0.15, -0.1) is 0 Å². The van der Waals surface area contributed by atoms with E-state index in [2.05, 4.69) is 31.4 Å². The van der Waals surface area contributed by atoms with Crippen LogP contribution in [0.3, 0.4) is 0 Å². The molecule has 0 aromatic heterocycles. The molecule has 12 heteroatoms. The fourth-order valence-corrected chi connectivity index (χ4v) is 8.38. The highest BCUT2D eigenvalue weighted by Gasteiger charge is 2.49. The molecule has 60 heavy (non-hydrogen) atoms. The molecule has 0 spiro atoms. The van der Waals surface area contributed by atoms with Crippen LogP contribution in [0.5, 0.6) is 0 Å². The number of nitrogens with one attached hydrogen (secondary N) is 2. The molecule has 0 aliphatic carbocycles. The molecule has 12 nitrogen and oxygen atoms in total. The van der Waals surface area contributed by atoms with Crippen molar-refractivity contribution in [1.29, 1.82) is 0 Å². The SMILES string of the molecule is CC(C)(C)c1ccc(C(=O)NC(Cc2ccccc2)C(=O)N2CCC3OCC(=O)C32)cc1.O=C(NC(Cc1ccccc1)C(=O)N1CCC2OCC(=O)C21)c1ccccc1. The lowest BCUT2D eigenvalue weighted by Crippen LogP contribution is -2.53. The normalized spacial score (nSPS) is 21.6. The Morgan fingerprint density at radius 3 is 1.37 bits per heavy atom. The van der Waals surface area contributed by atoms with Gasteiger partial charge in [0.2, 0.25) is 11.8 Å². The van der Waals surface area contributed by atoms with Crippen LogP contribution in [-0.4, -0.2) is 108 Å². The van der Waals surface area contributed by atoms with E-state index in [1.54, 1.807) is 46.2 Å². The van der Waals surface area contributed by atoms with Crippen LogP contribution in [0.15, 0.2) is 115 Å². The number of fused-ring (bicyclic) bond motifs is 2. The minimum absolute atomic E-state index is 0.0109. The van der Waals surface area contributed by atoms with Gasteiger partial charge in [0.1, 0.15) is 37.4 Å². The van der Waals surface area contributed by atoms with Gasteiger partial charge in [0.05, 0.1) is 12.2 Å². The molecular weight excluding hydrogens is 761 g/mol. The number of carbonyl (C=O) groups excluding carboxylic acids is 6. The zero-order valence-corrected chi connectivity index (χ0v) is 34.3. The van der Waals surface area contributed by atoms with Gasteiger partial charge >= 0.3 is 0 Å². The molecule has 2 N–H and O–H groups in total. The minimum atomic E-state index is -0.764. The summed E-state index contributed by atoms with van der Waals surface area (Å²) in [6, 6.07) is 32.8. The number of hydrogen-bond acceptors (Lipinski definition) is 8. The van der Waals surface area contributed by atoms with Crippen LogP contribution in [0.4, 0.5) is 0 Å². The largest absolute Gasteiger partial charge is 0.368 e. The van der Waals surface area contributed by atoms with E-state index in [1.807, 2.05) is 78.9 Å². The Morgan fingerprint density at radius 2 is 0.967 bits per heavy atom. The highest BCUT2D eigenvalue weighted by molar-refractivity contribution is 6.00. The summed E-state index contributed by atoms with van der Waals surface area (Å²) in [4.78, 5) is 80.2. The second-order valence-electron chi connectivity index (χ2n) is 16.8. The standard InChI is InChI=1S/C26H30N2O4.C22H22N2O4/c1-26(2,3)19-11-9-18(10-12-19)24(30)27-20(15-17-7-5-4-6-8-17)25(31)28-14-13-22-23(28)21(29)16-32-22;25-18-14-28-19-11-12-24(20(18)19)22(27)17(13-15-7-3-1-4-8-15)23-21(26)16-9-5-2-6-10-16/h4-12,20,22-23H,13-16H2,1-3H3,(H,27,30);1-10,17,19-20H,11-14H2,(H,23,26). The zero-order valence-electron chi connectivity index (χ0n) is 34.3. The second kappa shape index (κ2) is 18.5. The first-order valence-corrected chi connectivity index (χ1v) is 20.6. The van der Waals surface area contributed by atoms with Crippen molar-refractivity contribution in [1.82, 2.24) is 20.4 Å². The third-order valence-electron chi connectivity index (χ3n) is 11.6. The molecule has 4 aromatic rings. The number of Topliss-reactive ketones (excluding diaryl/α,β-unsaturated/α-hetero) is 2. The number of carbonyl (C=O) groups is 6. The lowest BCUT2D eigenvalue weighted by atomic mass is 9.86. The zero-order chi connectivity index (χ0) is 42.4. The molecule has 4 aromatic carbocycles. The van der Waals surface area contributed by atoms with Gasteiger partial charge in [-0.1, -0.05) is 112 Å². The van der Waals surface area contributed by atoms with Crippen molar-refractivity contribution in [2.45, 2.75) is 88.2 Å². The summed E-state index contributed by atoms with van der Waals surface area (Å²) in [7, 11) is 0. The van der Waals surface area contributed by atoms with Crippen molar-refractivity contribution < 1.29 is 38.2 Å². The molecule has 312 valence electrons. The van der Waals surface area contributed by atoms with Crippen LogP contribution in [0.25, 0.3) is 0 Å². The molecule has 4 fully saturated rings. The van der Waals surface area contributed by atoms with Gasteiger partial charge in [0.15, 0.2) is 11.6 Å². The summed E-state index contributed by atoms with van der Waals surface area (Å²) in [5.41, 5.74) is 4.01. The van der Waals surface area contributed by atoms with E-state index >= 15 is 0 Å². The number of ether oxygens (including phenoxy) is 2. The highest BCUT2D eigenvalue weighted by Crippen LogP contribution is 2.29. The van der Waals surface area contributed by atoms with Crippen molar-refractivity contribution in [2.75, 3.05) is 26.3 Å². The molecule has 0 radical (unpaired) electrons. The summed E-state index contributed by atoms with van der Waals surface area (Å²) < 4.78 is 11.0. The van der Waals surface area contributed by atoms with E-state index in [9.17, 15) is 28.8 Å². The summed E-state index contributed by atoms with van der Waals surface area (Å²) in [6.45, 7) is 7.39. The number of likely N-dealkylation sites (tertiary alicyclic amines) is 2. The molecular formula is C48H52N4O8. The van der Waals surface area contributed by atoms with Crippen molar-refractivity contribution in [3.8, 4) is 0 Å². The fraction of sp³-hybridized carbons (Fsp3) is 0.375. The number of ketones is 2. The number of amides is 4. The average molecular weight is 813 g/mol. The molecule has 8 rings (SSSR count). The van der Waals surface area contributed by atoms with E-state index in [0.29, 0.717) is 49.9 Å². The minimum Gasteiger partial charge on any atom is -0.368 e. The van der Waals surface area contributed by atoms with Crippen LogP contribution in [0.1, 0.15) is 71.0 Å². The smallest absolute Gasteiger partial charge is 0.251 e. The third kappa shape index (κ3) is 9.72. The van der Waals surface area contributed by atoms with Crippen molar-refractivity contribution in [3.63, 3.8) is 0 Å². The molecule has 0 saturated carbocycles. The quantitative estimate of drug-likeness (QED) is 0.238. The number of rotatable bonds is 10. The molecule has 4 heterocycles. The number of benzene rings is 4. The Labute approximate surface area is 350 Å². The van der Waals surface area contributed by atoms with Crippen LogP contribution in [0.2, 0.25) is 0 Å². The van der Waals surface area contributed by atoms with Gasteiger partial charge in [-0.2, -0.15) is 0 Å². The van der Waals surface area contributed by atoms with Crippen molar-refractivity contribution in [2.24, 2.45) is 0 Å². The average Bonchev–Trinajstić information content (AvgIpc) is 4.06. The van der Waals surface area contributed by atoms with Crippen LogP contribution in [-0.2, 0) is 46.9 Å². The van der Waals surface area contributed by atoms with E-state index in [1.165, 1.54) is 0 Å². The number of nitrogens with zero attached hydrogens (tertiary/aromatic N) is 2. The monoisotopic (exact) mass is 812 g/mol. The lowest BCUT2D eigenvalue weighted by Gasteiger charge is -2.28. The first-order chi connectivity index (χ1) is 28.9. The summed E-state index contributed by atoms with van der Waals surface area (Å²) >= 11 is 0. The summed E-state index contributed by atoms with van der Waals surface area (Å²) in [6.07, 6.45) is 1.55. The van der Waals surface area contributed by atoms with Gasteiger partial charge in [0, 0.05) is 37.1 Å². The predicted octanol–water partition coefficient (Wildman–Crippen LogP) is 4.49. The maximum atomic E-state index is 13.5. The van der Waals surface area contributed by atoms with E-state index in [-0.39, 0.29) is 66.0 Å². The van der Waals surface area contributed by atoms with Gasteiger partial charge in [-0.05, 0) is 59.2 Å². The van der Waals surface area contributed by atoms with E-state index in [4.69, 9.17) is 9.47 Å². The molecule has 6 unspecified atom stereocenters. The van der Waals surface area contributed by atoms with Crippen molar-refractivity contribution >= 4 is 35.2 Å². The third-order valence-corrected chi connectivity index (χ3v) is 11.6. The molecule has 4 aliphatic rings. The van der Waals surface area contributed by atoms with Crippen LogP contribution < -0.4 is 10.6 Å². The molecule has 0 bridgehead atoms. The van der Waals surface area contributed by atoms with E-state index in [0.717, 1.165) is 16.7 Å². The van der Waals surface area contributed by atoms with Crippen LogP contribution in [0, 0.1) is 0 Å². The van der Waals surface area contributed by atoms with Crippen molar-refractivity contribution in [3.05, 3.63) is 143 Å². The molecule has 6 atom stereocenters. The first kappa shape index (κ1) is 42.2.